The summed E-state index contributed by atoms with van der Waals surface area (Å²) >= 11 is 0. The second-order valence-electron chi connectivity index (χ2n) is 6.21. The molecule has 3 rings (SSSR count). The molecule has 1 N–H and O–H groups in total. The van der Waals surface area contributed by atoms with Gasteiger partial charge >= 0.3 is 5.91 Å². The molecule has 24 heavy (non-hydrogen) atoms. The number of amides is 1. The lowest BCUT2D eigenvalue weighted by molar-refractivity contribution is 0.0906. The minimum Gasteiger partial charge on any atom is -0.437 e. The van der Waals surface area contributed by atoms with Gasteiger partial charge in [0.1, 0.15) is 17.4 Å². The Bertz CT molecular complexity index is 758. The number of carbonyl (C=O) groups excluding carboxylic acids is 1. The summed E-state index contributed by atoms with van der Waals surface area (Å²) < 4.78 is 32.6. The van der Waals surface area contributed by atoms with Gasteiger partial charge in [-0.1, -0.05) is 0 Å². The van der Waals surface area contributed by atoms with Gasteiger partial charge in [0.15, 0.2) is 0 Å². The number of fused-ring (bicyclic) bond motifs is 1. The molecule has 0 radical (unpaired) electrons. The number of hydrogen-bond donors (Lipinski definition) is 1. The molecule has 1 aliphatic rings. The summed E-state index contributed by atoms with van der Waals surface area (Å²) in [5.41, 5.74) is 0.978. The third-order valence-corrected chi connectivity index (χ3v) is 3.82. The molecular formula is C17H19F2N3O2. The first-order chi connectivity index (χ1) is 11.4. The quantitative estimate of drug-likeness (QED) is 0.933. The summed E-state index contributed by atoms with van der Waals surface area (Å²) in [5, 5.41) is 2.73. The number of nitrogens with zero attached hydrogens (tertiary/aromatic N) is 2. The zero-order valence-electron chi connectivity index (χ0n) is 13.6. The van der Waals surface area contributed by atoms with Crippen LogP contribution in [0.5, 0.6) is 0 Å². The molecule has 7 heteroatoms. The molecule has 2 aromatic rings. The van der Waals surface area contributed by atoms with E-state index >= 15 is 0 Å². The highest BCUT2D eigenvalue weighted by molar-refractivity contribution is 5.89. The summed E-state index contributed by atoms with van der Waals surface area (Å²) in [6.07, 6.45) is 0.578. The number of carbonyl (C=O) groups is 1. The molecule has 0 unspecified atom stereocenters. The number of halogens is 2. The Hall–Kier alpha value is -2.28. The van der Waals surface area contributed by atoms with Crippen LogP contribution in [-0.4, -0.2) is 28.4 Å². The predicted octanol–water partition coefficient (Wildman–Crippen LogP) is 2.65. The maximum absolute atomic E-state index is 13.8. The monoisotopic (exact) mass is 335 g/mol. The molecule has 5 nitrogen and oxygen atoms in total. The fraction of sp³-hybridized carbons (Fsp3) is 0.412. The first kappa shape index (κ1) is 16.6. The van der Waals surface area contributed by atoms with E-state index < -0.39 is 11.6 Å². The van der Waals surface area contributed by atoms with E-state index in [4.69, 9.17) is 4.42 Å². The van der Waals surface area contributed by atoms with E-state index in [9.17, 15) is 13.6 Å². The molecule has 128 valence electrons. The van der Waals surface area contributed by atoms with E-state index in [1.54, 1.807) is 0 Å². The van der Waals surface area contributed by atoms with Crippen LogP contribution in [0.3, 0.4) is 0 Å². The van der Waals surface area contributed by atoms with Crippen molar-refractivity contribution in [2.75, 3.05) is 6.54 Å². The van der Waals surface area contributed by atoms with Crippen molar-refractivity contribution in [1.29, 1.82) is 0 Å². The van der Waals surface area contributed by atoms with Crippen molar-refractivity contribution in [2.24, 2.45) is 0 Å². The maximum Gasteiger partial charge on any atom is 0.307 e. The number of rotatable bonds is 4. The van der Waals surface area contributed by atoms with Crippen molar-refractivity contribution in [3.05, 3.63) is 52.7 Å². The van der Waals surface area contributed by atoms with Gasteiger partial charge in [0.05, 0.1) is 5.69 Å². The maximum atomic E-state index is 13.8. The molecule has 0 bridgehead atoms. The fourth-order valence-electron chi connectivity index (χ4n) is 2.71. The SMILES string of the molecule is CC(C)NC(=O)c1nc2c(o1)CCN(Cc1cc(F)ccc1F)C2. The fourth-order valence-corrected chi connectivity index (χ4v) is 2.71. The minimum atomic E-state index is -0.460. The van der Waals surface area contributed by atoms with Gasteiger partial charge in [-0.3, -0.25) is 9.69 Å². The van der Waals surface area contributed by atoms with Crippen LogP contribution in [0.25, 0.3) is 0 Å². The van der Waals surface area contributed by atoms with E-state index in [-0.39, 0.29) is 24.4 Å². The van der Waals surface area contributed by atoms with Crippen molar-refractivity contribution in [3.63, 3.8) is 0 Å². The average molecular weight is 335 g/mol. The highest BCUT2D eigenvalue weighted by Gasteiger charge is 2.25. The number of benzene rings is 1. The topological polar surface area (TPSA) is 58.4 Å². The highest BCUT2D eigenvalue weighted by atomic mass is 19.1. The highest BCUT2D eigenvalue weighted by Crippen LogP contribution is 2.22. The largest absolute Gasteiger partial charge is 0.437 e. The standard InChI is InChI=1S/C17H19F2N3O2/c1-10(2)20-16(23)17-21-14-9-22(6-5-15(14)24-17)8-11-7-12(18)3-4-13(11)19/h3-4,7,10H,5-6,8-9H2,1-2H3,(H,20,23). The van der Waals surface area contributed by atoms with Gasteiger partial charge in [0, 0.05) is 37.7 Å². The second-order valence-corrected chi connectivity index (χ2v) is 6.21. The van der Waals surface area contributed by atoms with Crippen molar-refractivity contribution in [2.45, 2.75) is 39.4 Å². The summed E-state index contributed by atoms with van der Waals surface area (Å²) in [4.78, 5) is 18.2. The number of nitrogens with one attached hydrogen (secondary N) is 1. The molecule has 1 aromatic carbocycles. The third-order valence-electron chi connectivity index (χ3n) is 3.82. The molecule has 1 aromatic heterocycles. The van der Waals surface area contributed by atoms with Gasteiger partial charge in [-0.25, -0.2) is 13.8 Å². The zero-order chi connectivity index (χ0) is 17.3. The van der Waals surface area contributed by atoms with Crippen LogP contribution in [0.4, 0.5) is 8.78 Å². The Labute approximate surface area is 138 Å². The van der Waals surface area contributed by atoms with Crippen LogP contribution in [0.1, 0.15) is 41.6 Å². The summed E-state index contributed by atoms with van der Waals surface area (Å²) in [5.74, 6) is -0.507. The lowest BCUT2D eigenvalue weighted by atomic mass is 10.1. The summed E-state index contributed by atoms with van der Waals surface area (Å²) in [7, 11) is 0. The molecule has 0 aliphatic carbocycles. The van der Waals surface area contributed by atoms with Crippen molar-refractivity contribution >= 4 is 5.91 Å². The van der Waals surface area contributed by atoms with Gasteiger partial charge in [-0.15, -0.1) is 0 Å². The van der Waals surface area contributed by atoms with E-state index in [1.807, 2.05) is 18.7 Å². The van der Waals surface area contributed by atoms with Crippen LogP contribution < -0.4 is 5.32 Å². The number of hydrogen-bond acceptors (Lipinski definition) is 4. The van der Waals surface area contributed by atoms with Crippen LogP contribution >= 0.6 is 0 Å². The first-order valence-corrected chi connectivity index (χ1v) is 7.88. The number of oxazole rings is 1. The van der Waals surface area contributed by atoms with Gasteiger partial charge in [-0.2, -0.15) is 0 Å². The molecule has 0 saturated heterocycles. The average Bonchev–Trinajstić information content (AvgIpc) is 2.94. The van der Waals surface area contributed by atoms with Crippen LogP contribution in [0, 0.1) is 11.6 Å². The smallest absolute Gasteiger partial charge is 0.307 e. The van der Waals surface area contributed by atoms with Gasteiger partial charge in [0.2, 0.25) is 0 Å². The second kappa shape index (κ2) is 6.68. The Morgan fingerprint density at radius 1 is 1.42 bits per heavy atom. The minimum absolute atomic E-state index is 0.00567. The van der Waals surface area contributed by atoms with E-state index in [1.165, 1.54) is 6.07 Å². The van der Waals surface area contributed by atoms with E-state index in [0.717, 1.165) is 12.1 Å². The molecule has 1 aliphatic heterocycles. The van der Waals surface area contributed by atoms with Gasteiger partial charge in [-0.05, 0) is 32.0 Å². The molecule has 2 heterocycles. The Morgan fingerprint density at radius 2 is 2.21 bits per heavy atom. The van der Waals surface area contributed by atoms with Gasteiger partial charge < -0.3 is 9.73 Å². The van der Waals surface area contributed by atoms with E-state index in [0.29, 0.717) is 36.5 Å². The lowest BCUT2D eigenvalue weighted by Crippen LogP contribution is -2.30. The first-order valence-electron chi connectivity index (χ1n) is 7.88. The Morgan fingerprint density at radius 3 is 2.96 bits per heavy atom. The van der Waals surface area contributed by atoms with Gasteiger partial charge in [0.25, 0.3) is 5.89 Å². The zero-order valence-corrected chi connectivity index (χ0v) is 13.6. The molecule has 0 spiro atoms. The van der Waals surface area contributed by atoms with Crippen molar-refractivity contribution < 1.29 is 18.0 Å². The van der Waals surface area contributed by atoms with Crippen LogP contribution in [-0.2, 0) is 19.5 Å². The number of aromatic nitrogens is 1. The molecule has 1 amide bonds. The van der Waals surface area contributed by atoms with Crippen molar-refractivity contribution in [1.82, 2.24) is 15.2 Å². The molecule has 0 atom stereocenters. The van der Waals surface area contributed by atoms with Crippen LogP contribution in [0.15, 0.2) is 22.6 Å². The third kappa shape index (κ3) is 3.62. The van der Waals surface area contributed by atoms with E-state index in [2.05, 4.69) is 10.3 Å². The van der Waals surface area contributed by atoms with Crippen LogP contribution in [0.2, 0.25) is 0 Å². The molecule has 0 fully saturated rings. The lowest BCUT2D eigenvalue weighted by Gasteiger charge is -2.25. The van der Waals surface area contributed by atoms with Crippen molar-refractivity contribution in [3.8, 4) is 0 Å². The Balaban J connectivity index is 1.71. The summed E-state index contributed by atoms with van der Waals surface area (Å²) in [6.45, 7) is 5.06. The predicted molar refractivity (Wildman–Crippen MR) is 83.3 cm³/mol. The summed E-state index contributed by atoms with van der Waals surface area (Å²) in [6, 6.07) is 3.43. The normalized spacial score (nSPS) is 14.7. The molecule has 0 saturated carbocycles. The molecular weight excluding hydrogens is 316 g/mol. The Kier molecular flexibility index (Phi) is 4.62.